The van der Waals surface area contributed by atoms with Gasteiger partial charge in [0.2, 0.25) is 5.56 Å². The van der Waals surface area contributed by atoms with Gasteiger partial charge in [0, 0.05) is 37.9 Å². The minimum absolute atomic E-state index is 0. The highest BCUT2D eigenvalue weighted by Crippen LogP contribution is 2.23. The van der Waals surface area contributed by atoms with Gasteiger partial charge in [-0.05, 0) is 57.4 Å². The largest absolute Gasteiger partial charge is 0.357 e. The molecule has 2 N–H and O–H groups in total. The number of nitrogens with one attached hydrogen (secondary N) is 2. The molecule has 0 aromatic carbocycles. The Morgan fingerprint density at radius 2 is 2.00 bits per heavy atom. The molecule has 1 saturated carbocycles. The molecule has 1 fully saturated rings. The van der Waals surface area contributed by atoms with Crippen molar-refractivity contribution in [3.63, 3.8) is 0 Å². The summed E-state index contributed by atoms with van der Waals surface area (Å²) in [4.78, 5) is 16.3. The molecule has 1 aromatic heterocycles. The molecule has 0 aliphatic heterocycles. The SMILES string of the molecule is CCNC(=NCCCCn1ccccc1=O)NC1CCC(C)CC1.I. The van der Waals surface area contributed by atoms with Crippen LogP contribution in [-0.2, 0) is 6.54 Å². The lowest BCUT2D eigenvalue weighted by Crippen LogP contribution is -2.44. The minimum Gasteiger partial charge on any atom is -0.357 e. The number of pyridine rings is 1. The van der Waals surface area contributed by atoms with E-state index in [2.05, 4.69) is 29.5 Å². The zero-order valence-corrected chi connectivity index (χ0v) is 17.9. The van der Waals surface area contributed by atoms with Gasteiger partial charge in [0.1, 0.15) is 0 Å². The number of halogens is 1. The van der Waals surface area contributed by atoms with E-state index in [1.807, 2.05) is 12.3 Å². The van der Waals surface area contributed by atoms with Crippen LogP contribution in [0, 0.1) is 5.92 Å². The van der Waals surface area contributed by atoms with E-state index in [1.54, 1.807) is 16.7 Å². The Balaban J connectivity index is 0.00000312. The zero-order chi connectivity index (χ0) is 17.2. The van der Waals surface area contributed by atoms with Crippen molar-refractivity contribution >= 4 is 29.9 Å². The highest BCUT2D eigenvalue weighted by Gasteiger charge is 2.18. The van der Waals surface area contributed by atoms with Gasteiger partial charge in [-0.25, -0.2) is 0 Å². The number of hydrogen-bond donors (Lipinski definition) is 2. The standard InChI is InChI=1S/C19H32N4O.HI/c1-3-20-19(22-17-11-9-16(2)10-12-17)21-13-5-7-15-23-14-6-4-8-18(23)24;/h4,6,8,14,16-17H,3,5,7,9-13,15H2,1-2H3,(H2,20,21,22);1H. The van der Waals surface area contributed by atoms with E-state index < -0.39 is 0 Å². The number of hydrogen-bond acceptors (Lipinski definition) is 2. The fourth-order valence-corrected chi connectivity index (χ4v) is 3.15. The predicted molar refractivity (Wildman–Crippen MR) is 116 cm³/mol. The first-order valence-electron chi connectivity index (χ1n) is 9.39. The normalized spacial score (nSPS) is 20.6. The van der Waals surface area contributed by atoms with Crippen LogP contribution < -0.4 is 16.2 Å². The molecule has 142 valence electrons. The number of aliphatic imine (C=N–C) groups is 1. The second kappa shape index (κ2) is 12.3. The van der Waals surface area contributed by atoms with Crippen molar-refractivity contribution < 1.29 is 0 Å². The van der Waals surface area contributed by atoms with Crippen LogP contribution in [0.15, 0.2) is 34.2 Å². The smallest absolute Gasteiger partial charge is 0.250 e. The van der Waals surface area contributed by atoms with E-state index in [1.165, 1.54) is 25.7 Å². The van der Waals surface area contributed by atoms with Gasteiger partial charge in [0.05, 0.1) is 0 Å². The molecule has 25 heavy (non-hydrogen) atoms. The Kier molecular flexibility index (Phi) is 10.8. The number of nitrogens with zero attached hydrogens (tertiary/aromatic N) is 2. The summed E-state index contributed by atoms with van der Waals surface area (Å²) in [5, 5.41) is 6.92. The fourth-order valence-electron chi connectivity index (χ4n) is 3.15. The molecule has 6 heteroatoms. The van der Waals surface area contributed by atoms with Gasteiger partial charge in [-0.1, -0.05) is 13.0 Å². The van der Waals surface area contributed by atoms with E-state index in [-0.39, 0.29) is 29.5 Å². The maximum atomic E-state index is 11.6. The first-order chi connectivity index (χ1) is 11.7. The summed E-state index contributed by atoms with van der Waals surface area (Å²) in [7, 11) is 0. The predicted octanol–water partition coefficient (Wildman–Crippen LogP) is 3.38. The van der Waals surface area contributed by atoms with Crippen LogP contribution in [0.5, 0.6) is 0 Å². The number of rotatable bonds is 7. The van der Waals surface area contributed by atoms with Crippen LogP contribution in [-0.4, -0.2) is 29.7 Å². The van der Waals surface area contributed by atoms with Gasteiger partial charge >= 0.3 is 0 Å². The molecule has 0 atom stereocenters. The molecule has 0 amide bonds. The molecule has 1 heterocycles. The maximum absolute atomic E-state index is 11.6. The van der Waals surface area contributed by atoms with Gasteiger partial charge < -0.3 is 15.2 Å². The lowest BCUT2D eigenvalue weighted by molar-refractivity contribution is 0.329. The average Bonchev–Trinajstić information content (AvgIpc) is 2.58. The summed E-state index contributed by atoms with van der Waals surface area (Å²) >= 11 is 0. The Morgan fingerprint density at radius 1 is 1.24 bits per heavy atom. The molecule has 2 rings (SSSR count). The van der Waals surface area contributed by atoms with Crippen LogP contribution in [0.3, 0.4) is 0 Å². The number of guanidine groups is 1. The zero-order valence-electron chi connectivity index (χ0n) is 15.5. The molecule has 0 radical (unpaired) electrons. The van der Waals surface area contributed by atoms with Crippen molar-refractivity contribution in [1.82, 2.24) is 15.2 Å². The number of aromatic nitrogens is 1. The van der Waals surface area contributed by atoms with Gasteiger partial charge in [-0.3, -0.25) is 9.79 Å². The van der Waals surface area contributed by atoms with Crippen molar-refractivity contribution in [3.8, 4) is 0 Å². The monoisotopic (exact) mass is 460 g/mol. The molecule has 1 aromatic rings. The average molecular weight is 460 g/mol. The summed E-state index contributed by atoms with van der Waals surface area (Å²) in [6, 6.07) is 5.85. The number of aryl methyl sites for hydroxylation is 1. The molecule has 1 aliphatic rings. The summed E-state index contributed by atoms with van der Waals surface area (Å²) in [5.41, 5.74) is 0.0718. The van der Waals surface area contributed by atoms with Crippen LogP contribution in [0.4, 0.5) is 0 Å². The molecule has 5 nitrogen and oxygen atoms in total. The minimum atomic E-state index is 0. The van der Waals surface area contributed by atoms with Crippen LogP contribution in [0.25, 0.3) is 0 Å². The first kappa shape index (κ1) is 22.0. The Labute approximate surface area is 168 Å². The lowest BCUT2D eigenvalue weighted by atomic mass is 9.87. The summed E-state index contributed by atoms with van der Waals surface area (Å²) in [5.74, 6) is 1.80. The summed E-state index contributed by atoms with van der Waals surface area (Å²) in [6.07, 6.45) is 8.89. The van der Waals surface area contributed by atoms with Crippen LogP contribution in [0.2, 0.25) is 0 Å². The van der Waals surface area contributed by atoms with Crippen molar-refractivity contribution in [2.75, 3.05) is 13.1 Å². The third-order valence-electron chi connectivity index (χ3n) is 4.68. The molecular formula is C19H33IN4O. The van der Waals surface area contributed by atoms with Crippen molar-refractivity contribution in [2.45, 2.75) is 65.0 Å². The van der Waals surface area contributed by atoms with E-state index in [9.17, 15) is 4.79 Å². The number of unbranched alkanes of at least 4 members (excludes halogenated alkanes) is 1. The van der Waals surface area contributed by atoms with E-state index in [4.69, 9.17) is 0 Å². The van der Waals surface area contributed by atoms with Crippen LogP contribution >= 0.6 is 24.0 Å². The van der Waals surface area contributed by atoms with Crippen LogP contribution in [0.1, 0.15) is 52.4 Å². The third kappa shape index (κ3) is 8.25. The molecule has 1 aliphatic carbocycles. The fraction of sp³-hybridized carbons (Fsp3) is 0.684. The molecule has 0 saturated heterocycles. The quantitative estimate of drug-likeness (QED) is 0.284. The topological polar surface area (TPSA) is 58.4 Å². The van der Waals surface area contributed by atoms with E-state index >= 15 is 0 Å². The maximum Gasteiger partial charge on any atom is 0.250 e. The van der Waals surface area contributed by atoms with Gasteiger partial charge in [0.25, 0.3) is 0 Å². The van der Waals surface area contributed by atoms with E-state index in [0.29, 0.717) is 6.04 Å². The van der Waals surface area contributed by atoms with Crippen molar-refractivity contribution in [1.29, 1.82) is 0 Å². The highest BCUT2D eigenvalue weighted by molar-refractivity contribution is 14.0. The molecule has 0 bridgehead atoms. The van der Waals surface area contributed by atoms with Gasteiger partial charge in [-0.2, -0.15) is 0 Å². The second-order valence-corrected chi connectivity index (χ2v) is 6.80. The molecule has 0 unspecified atom stereocenters. The van der Waals surface area contributed by atoms with Crippen molar-refractivity contribution in [3.05, 3.63) is 34.7 Å². The highest BCUT2D eigenvalue weighted by atomic mass is 127. The Morgan fingerprint density at radius 3 is 2.68 bits per heavy atom. The molecule has 0 spiro atoms. The van der Waals surface area contributed by atoms with E-state index in [0.717, 1.165) is 44.4 Å². The van der Waals surface area contributed by atoms with Crippen molar-refractivity contribution in [2.24, 2.45) is 10.9 Å². The van der Waals surface area contributed by atoms with Gasteiger partial charge in [0.15, 0.2) is 5.96 Å². The van der Waals surface area contributed by atoms with Gasteiger partial charge in [-0.15, -0.1) is 24.0 Å². The second-order valence-electron chi connectivity index (χ2n) is 6.80. The Bertz CT molecular complexity index is 565. The summed E-state index contributed by atoms with van der Waals surface area (Å²) in [6.45, 7) is 6.88. The molecular weight excluding hydrogens is 427 g/mol. The summed E-state index contributed by atoms with van der Waals surface area (Å²) < 4.78 is 1.76. The lowest BCUT2D eigenvalue weighted by Gasteiger charge is -2.28. The first-order valence-corrected chi connectivity index (χ1v) is 9.39. The Hall–Kier alpha value is -1.05. The third-order valence-corrected chi connectivity index (χ3v) is 4.68.